The number of ether oxygens (including phenoxy) is 2. The quantitative estimate of drug-likeness (QED) is 0.370. The molecule has 3 heterocycles. The Kier molecular flexibility index (Phi) is 8.90. The van der Waals surface area contributed by atoms with Crippen LogP contribution in [0.5, 0.6) is 5.88 Å². The summed E-state index contributed by atoms with van der Waals surface area (Å²) in [5.74, 6) is -1.57. The molecule has 3 atom stereocenters. The molecule has 2 aliphatic rings. The standard InChI is InChI=1S/C30H36F2N4O4/c1-4-35-17-22(29(40-35)21-10-11-26(31)27(32)15-21)14-24(37)16-28-20(2)30(33-36(28)23-8-6-5-7-9-23)39-19-25-18-34(3)12-13-38-25/h5-11,15,22,25,29H,4,12-14,16-19H2,1-3H3/t22-,25?,29+/m1/s1. The molecule has 0 N–H and O–H groups in total. The van der Waals surface area contributed by atoms with Crippen LogP contribution in [0.25, 0.3) is 5.69 Å². The van der Waals surface area contributed by atoms with Gasteiger partial charge in [0.25, 0.3) is 0 Å². The minimum Gasteiger partial charge on any atom is -0.474 e. The van der Waals surface area contributed by atoms with Crippen LogP contribution >= 0.6 is 0 Å². The number of morpholine rings is 1. The number of benzene rings is 2. The highest BCUT2D eigenvalue weighted by molar-refractivity contribution is 5.81. The van der Waals surface area contributed by atoms with Crippen LogP contribution in [0.1, 0.15) is 36.3 Å². The number of hydroxylamine groups is 2. The highest BCUT2D eigenvalue weighted by Gasteiger charge is 2.36. The molecule has 40 heavy (non-hydrogen) atoms. The first-order chi connectivity index (χ1) is 19.3. The Morgan fingerprint density at radius 1 is 1.12 bits per heavy atom. The molecule has 0 amide bonds. The number of likely N-dealkylation sites (N-methyl/N-ethyl adjacent to an activating group) is 1. The molecule has 2 aromatic carbocycles. The summed E-state index contributed by atoms with van der Waals surface area (Å²) in [4.78, 5) is 21.7. The average Bonchev–Trinajstić information content (AvgIpc) is 3.50. The number of carbonyl (C=O) groups is 1. The number of aromatic nitrogens is 2. The van der Waals surface area contributed by atoms with Crippen molar-refractivity contribution in [3.8, 4) is 11.6 Å². The second-order valence-corrected chi connectivity index (χ2v) is 10.6. The lowest BCUT2D eigenvalue weighted by atomic mass is 9.90. The lowest BCUT2D eigenvalue weighted by Gasteiger charge is -2.29. The van der Waals surface area contributed by atoms with Crippen LogP contribution in [0.3, 0.4) is 0 Å². The predicted molar refractivity (Wildman–Crippen MR) is 145 cm³/mol. The maximum absolute atomic E-state index is 14.0. The Balaban J connectivity index is 1.34. The van der Waals surface area contributed by atoms with E-state index in [1.807, 2.05) is 44.2 Å². The zero-order chi connectivity index (χ0) is 28.2. The molecule has 8 nitrogen and oxygen atoms in total. The van der Waals surface area contributed by atoms with E-state index in [2.05, 4.69) is 11.9 Å². The fourth-order valence-corrected chi connectivity index (χ4v) is 5.37. The Bertz CT molecular complexity index is 1320. The van der Waals surface area contributed by atoms with E-state index in [-0.39, 0.29) is 30.6 Å². The Morgan fingerprint density at radius 2 is 1.93 bits per heavy atom. The van der Waals surface area contributed by atoms with Gasteiger partial charge in [-0.2, -0.15) is 5.06 Å². The van der Waals surface area contributed by atoms with Crippen LogP contribution in [-0.2, 0) is 20.8 Å². The van der Waals surface area contributed by atoms with Gasteiger partial charge in [0.1, 0.15) is 24.6 Å². The Morgan fingerprint density at radius 3 is 2.65 bits per heavy atom. The van der Waals surface area contributed by atoms with E-state index in [0.29, 0.717) is 37.7 Å². The number of hydrogen-bond donors (Lipinski definition) is 0. The lowest BCUT2D eigenvalue weighted by molar-refractivity contribution is -0.146. The van der Waals surface area contributed by atoms with Gasteiger partial charge in [-0.1, -0.05) is 31.2 Å². The van der Waals surface area contributed by atoms with Gasteiger partial charge in [-0.05, 0) is 43.8 Å². The SMILES string of the molecule is CCN1C[C@@H](CC(=O)Cc2c(C)c(OCC3CN(C)CCO3)nn2-c2ccccc2)[C@H](c2ccc(F)c(F)c2)O1. The minimum atomic E-state index is -0.929. The largest absolute Gasteiger partial charge is 0.474 e. The molecule has 5 rings (SSSR count). The number of nitrogens with zero attached hydrogens (tertiary/aromatic N) is 4. The third kappa shape index (κ3) is 6.41. The Labute approximate surface area is 233 Å². The van der Waals surface area contributed by atoms with E-state index in [1.54, 1.807) is 9.75 Å². The van der Waals surface area contributed by atoms with Gasteiger partial charge >= 0.3 is 0 Å². The second-order valence-electron chi connectivity index (χ2n) is 10.6. The van der Waals surface area contributed by atoms with Gasteiger partial charge in [0, 0.05) is 50.5 Å². The van der Waals surface area contributed by atoms with Crippen molar-refractivity contribution in [3.63, 3.8) is 0 Å². The van der Waals surface area contributed by atoms with Gasteiger partial charge in [-0.15, -0.1) is 5.10 Å². The lowest BCUT2D eigenvalue weighted by Crippen LogP contribution is -2.42. The fourth-order valence-electron chi connectivity index (χ4n) is 5.37. The molecule has 2 saturated heterocycles. The number of Topliss-reactive ketones (excluding diaryl/α,β-unsaturated/α-hetero) is 1. The van der Waals surface area contributed by atoms with Crippen molar-refractivity contribution < 1.29 is 27.9 Å². The minimum absolute atomic E-state index is 0.00288. The van der Waals surface area contributed by atoms with Gasteiger partial charge in [-0.25, -0.2) is 13.5 Å². The van der Waals surface area contributed by atoms with E-state index in [1.165, 1.54) is 6.07 Å². The van der Waals surface area contributed by atoms with Crippen molar-refractivity contribution in [1.82, 2.24) is 19.7 Å². The van der Waals surface area contributed by atoms with Crippen LogP contribution in [0, 0.1) is 24.5 Å². The Hall–Kier alpha value is -3.18. The van der Waals surface area contributed by atoms with Crippen LogP contribution < -0.4 is 4.74 Å². The number of halogens is 2. The first kappa shape index (κ1) is 28.4. The monoisotopic (exact) mass is 554 g/mol. The predicted octanol–water partition coefficient (Wildman–Crippen LogP) is 4.29. The highest BCUT2D eigenvalue weighted by Crippen LogP contribution is 2.37. The summed E-state index contributed by atoms with van der Waals surface area (Å²) >= 11 is 0. The van der Waals surface area contributed by atoms with Gasteiger partial charge in [0.15, 0.2) is 11.6 Å². The van der Waals surface area contributed by atoms with Crippen molar-refractivity contribution in [1.29, 1.82) is 0 Å². The molecule has 0 radical (unpaired) electrons. The molecule has 2 aliphatic heterocycles. The summed E-state index contributed by atoms with van der Waals surface area (Å²) in [5, 5.41) is 6.50. The third-order valence-corrected chi connectivity index (χ3v) is 7.56. The first-order valence-corrected chi connectivity index (χ1v) is 13.8. The molecular weight excluding hydrogens is 518 g/mol. The van der Waals surface area contributed by atoms with E-state index in [9.17, 15) is 13.6 Å². The summed E-state index contributed by atoms with van der Waals surface area (Å²) in [7, 11) is 2.06. The summed E-state index contributed by atoms with van der Waals surface area (Å²) in [6.45, 7) is 7.70. The van der Waals surface area contributed by atoms with Gasteiger partial charge in [0.05, 0.1) is 18.0 Å². The van der Waals surface area contributed by atoms with E-state index in [0.717, 1.165) is 42.2 Å². The summed E-state index contributed by atoms with van der Waals surface area (Å²) in [5.41, 5.74) is 2.90. The molecule has 2 fully saturated rings. The van der Waals surface area contributed by atoms with E-state index < -0.39 is 17.7 Å². The number of hydrogen-bond acceptors (Lipinski definition) is 7. The first-order valence-electron chi connectivity index (χ1n) is 13.8. The zero-order valence-electron chi connectivity index (χ0n) is 23.2. The number of ketones is 1. The second kappa shape index (κ2) is 12.6. The average molecular weight is 555 g/mol. The number of carbonyl (C=O) groups excluding carboxylic acids is 1. The topological polar surface area (TPSA) is 69.1 Å². The van der Waals surface area contributed by atoms with Crippen molar-refractivity contribution in [2.24, 2.45) is 5.92 Å². The zero-order valence-corrected chi connectivity index (χ0v) is 23.2. The van der Waals surface area contributed by atoms with E-state index >= 15 is 0 Å². The third-order valence-electron chi connectivity index (χ3n) is 7.56. The van der Waals surface area contributed by atoms with Crippen LogP contribution in [-0.4, -0.2) is 78.1 Å². The fraction of sp³-hybridized carbons (Fsp3) is 0.467. The van der Waals surface area contributed by atoms with Crippen molar-refractivity contribution in [2.45, 2.75) is 38.9 Å². The normalized spacial score (nSPS) is 22.1. The van der Waals surface area contributed by atoms with Crippen molar-refractivity contribution >= 4 is 5.78 Å². The highest BCUT2D eigenvalue weighted by atomic mass is 19.2. The van der Waals surface area contributed by atoms with Gasteiger partial charge in [-0.3, -0.25) is 9.63 Å². The summed E-state index contributed by atoms with van der Waals surface area (Å²) in [6, 6.07) is 13.4. The summed E-state index contributed by atoms with van der Waals surface area (Å²) in [6.07, 6.45) is -0.223. The molecule has 3 aromatic rings. The molecule has 10 heteroatoms. The van der Waals surface area contributed by atoms with Gasteiger partial charge < -0.3 is 14.4 Å². The molecule has 0 bridgehead atoms. The van der Waals surface area contributed by atoms with Gasteiger partial charge in [0.2, 0.25) is 5.88 Å². The molecule has 1 aromatic heterocycles. The molecular formula is C30H36F2N4O4. The maximum atomic E-state index is 14.0. The molecule has 0 aliphatic carbocycles. The van der Waals surface area contributed by atoms with Crippen LogP contribution in [0.4, 0.5) is 8.78 Å². The molecule has 0 saturated carbocycles. The molecule has 0 spiro atoms. The summed E-state index contributed by atoms with van der Waals surface area (Å²) < 4.78 is 41.3. The van der Waals surface area contributed by atoms with E-state index in [4.69, 9.17) is 19.4 Å². The molecule has 1 unspecified atom stereocenters. The van der Waals surface area contributed by atoms with Crippen LogP contribution in [0.15, 0.2) is 48.5 Å². The van der Waals surface area contributed by atoms with Crippen LogP contribution in [0.2, 0.25) is 0 Å². The number of rotatable bonds is 10. The smallest absolute Gasteiger partial charge is 0.236 e. The van der Waals surface area contributed by atoms with Crippen molar-refractivity contribution in [3.05, 3.63) is 77.0 Å². The number of para-hydroxylation sites is 1. The molecule has 214 valence electrons. The maximum Gasteiger partial charge on any atom is 0.236 e. The van der Waals surface area contributed by atoms with Crippen molar-refractivity contribution in [2.75, 3.05) is 46.4 Å².